The molecule has 0 aliphatic carbocycles. The first kappa shape index (κ1) is 26.4. The second kappa shape index (κ2) is 10.9. The molecule has 0 heteroatoms. The molecule has 0 amide bonds. The van der Waals surface area contributed by atoms with Gasteiger partial charge in [0.1, 0.15) is 0 Å². The van der Waals surface area contributed by atoms with Crippen LogP contribution in [0.2, 0.25) is 0 Å². The van der Waals surface area contributed by atoms with Gasteiger partial charge in [-0.25, -0.2) is 0 Å². The molecular formula is C46H30. The predicted molar refractivity (Wildman–Crippen MR) is 198 cm³/mol. The van der Waals surface area contributed by atoms with Gasteiger partial charge in [-0.1, -0.05) is 170 Å². The van der Waals surface area contributed by atoms with Crippen molar-refractivity contribution in [2.24, 2.45) is 0 Å². The molecule has 0 aromatic heterocycles. The van der Waals surface area contributed by atoms with Gasteiger partial charge in [0.05, 0.1) is 0 Å². The van der Waals surface area contributed by atoms with Crippen molar-refractivity contribution in [2.45, 2.75) is 0 Å². The average Bonchev–Trinajstić information content (AvgIpc) is 3.14. The van der Waals surface area contributed by atoms with Gasteiger partial charge in [-0.05, 0) is 99.7 Å². The van der Waals surface area contributed by atoms with Gasteiger partial charge < -0.3 is 0 Å². The van der Waals surface area contributed by atoms with Gasteiger partial charge in [-0.2, -0.15) is 0 Å². The van der Waals surface area contributed by atoms with Crippen LogP contribution in [0.15, 0.2) is 182 Å². The lowest BCUT2D eigenvalue weighted by Gasteiger charge is -2.20. The summed E-state index contributed by atoms with van der Waals surface area (Å²) in [6.07, 6.45) is 0. The normalized spacial score (nSPS) is 11.5. The monoisotopic (exact) mass is 582 g/mol. The lowest BCUT2D eigenvalue weighted by atomic mass is 9.83. The molecule has 9 rings (SSSR count). The average molecular weight is 583 g/mol. The van der Waals surface area contributed by atoms with Crippen LogP contribution in [0.5, 0.6) is 0 Å². The van der Waals surface area contributed by atoms with Gasteiger partial charge in [0.25, 0.3) is 0 Å². The molecule has 0 N–H and O–H groups in total. The SMILES string of the molecule is c1ccc(-c2ccc(-c3c4ccccc4c(-c4cc5ccccc5c5ccccc45)c4ccc(-c5ccccc5)cc34)cc2)cc1. The molecule has 0 heterocycles. The van der Waals surface area contributed by atoms with Gasteiger partial charge in [-0.15, -0.1) is 0 Å². The fourth-order valence-corrected chi connectivity index (χ4v) is 7.31. The molecule has 214 valence electrons. The molecule has 0 radical (unpaired) electrons. The van der Waals surface area contributed by atoms with Crippen molar-refractivity contribution in [3.8, 4) is 44.5 Å². The molecule has 0 aliphatic rings. The van der Waals surface area contributed by atoms with Crippen LogP contribution in [-0.2, 0) is 0 Å². The smallest absolute Gasteiger partial charge is 0.00199 e. The van der Waals surface area contributed by atoms with Crippen LogP contribution in [0, 0.1) is 0 Å². The van der Waals surface area contributed by atoms with E-state index in [0.717, 1.165) is 0 Å². The minimum absolute atomic E-state index is 1.22. The maximum Gasteiger partial charge on any atom is -0.00199 e. The Balaban J connectivity index is 1.40. The van der Waals surface area contributed by atoms with Crippen molar-refractivity contribution < 1.29 is 0 Å². The van der Waals surface area contributed by atoms with Crippen LogP contribution in [0.1, 0.15) is 0 Å². The molecule has 0 fully saturated rings. The van der Waals surface area contributed by atoms with Gasteiger partial charge >= 0.3 is 0 Å². The highest BCUT2D eigenvalue weighted by Gasteiger charge is 2.19. The predicted octanol–water partition coefficient (Wildman–Crippen LogP) is 13.0. The molecule has 0 spiro atoms. The third-order valence-electron chi connectivity index (χ3n) is 9.45. The largest absolute Gasteiger partial charge is 0.0622 e. The van der Waals surface area contributed by atoms with Crippen LogP contribution in [-0.4, -0.2) is 0 Å². The van der Waals surface area contributed by atoms with Crippen molar-refractivity contribution in [1.82, 2.24) is 0 Å². The van der Waals surface area contributed by atoms with Crippen LogP contribution in [0.25, 0.3) is 87.6 Å². The Labute approximate surface area is 268 Å². The molecule has 0 saturated heterocycles. The fraction of sp³-hybridized carbons (Fsp3) is 0. The molecule has 0 atom stereocenters. The molecule has 0 aliphatic heterocycles. The van der Waals surface area contributed by atoms with Crippen LogP contribution in [0.3, 0.4) is 0 Å². The minimum Gasteiger partial charge on any atom is -0.0622 e. The standard InChI is InChI=1S/C46H30/c1-3-13-31(14-4-1)33-23-25-34(26-24-33)45-40-21-11-12-22-41(40)46(42-28-27-35(29-44(42)45)32-15-5-2-6-16-32)43-30-36-17-7-8-18-37(36)38-19-9-10-20-39(38)43/h1-30H. The summed E-state index contributed by atoms with van der Waals surface area (Å²) in [5.41, 5.74) is 9.96. The van der Waals surface area contributed by atoms with Crippen LogP contribution >= 0.6 is 0 Å². The Morgan fingerprint density at radius 1 is 0.217 bits per heavy atom. The zero-order valence-corrected chi connectivity index (χ0v) is 25.3. The first-order valence-corrected chi connectivity index (χ1v) is 15.9. The van der Waals surface area contributed by atoms with Crippen molar-refractivity contribution in [1.29, 1.82) is 0 Å². The number of hydrogen-bond donors (Lipinski definition) is 0. The summed E-state index contributed by atoms with van der Waals surface area (Å²) in [6, 6.07) is 66.5. The van der Waals surface area contributed by atoms with E-state index in [2.05, 4.69) is 182 Å². The first-order chi connectivity index (χ1) is 22.8. The number of benzene rings is 9. The Hall–Kier alpha value is -5.98. The maximum atomic E-state index is 2.41. The second-order valence-electron chi connectivity index (χ2n) is 12.1. The molecular weight excluding hydrogens is 553 g/mol. The summed E-state index contributed by atoms with van der Waals surface area (Å²) in [4.78, 5) is 0. The molecule has 0 nitrogen and oxygen atoms in total. The molecule has 9 aromatic carbocycles. The van der Waals surface area contributed by atoms with E-state index in [1.165, 1.54) is 87.6 Å². The topological polar surface area (TPSA) is 0 Å². The third kappa shape index (κ3) is 4.30. The van der Waals surface area contributed by atoms with E-state index in [9.17, 15) is 0 Å². The van der Waals surface area contributed by atoms with Crippen molar-refractivity contribution in [3.63, 3.8) is 0 Å². The van der Waals surface area contributed by atoms with E-state index in [1.807, 2.05) is 0 Å². The number of rotatable bonds is 4. The van der Waals surface area contributed by atoms with Crippen LogP contribution < -0.4 is 0 Å². The van der Waals surface area contributed by atoms with Crippen LogP contribution in [0.4, 0.5) is 0 Å². The highest BCUT2D eigenvalue weighted by Crippen LogP contribution is 2.47. The van der Waals surface area contributed by atoms with Crippen molar-refractivity contribution in [2.75, 3.05) is 0 Å². The van der Waals surface area contributed by atoms with E-state index in [0.29, 0.717) is 0 Å². The maximum absolute atomic E-state index is 2.41. The van der Waals surface area contributed by atoms with E-state index in [-0.39, 0.29) is 0 Å². The van der Waals surface area contributed by atoms with E-state index in [1.54, 1.807) is 0 Å². The Kier molecular flexibility index (Phi) is 6.25. The van der Waals surface area contributed by atoms with E-state index >= 15 is 0 Å². The van der Waals surface area contributed by atoms with Crippen molar-refractivity contribution >= 4 is 43.1 Å². The first-order valence-electron chi connectivity index (χ1n) is 15.9. The fourth-order valence-electron chi connectivity index (χ4n) is 7.31. The zero-order valence-electron chi connectivity index (χ0n) is 25.3. The number of fused-ring (bicyclic) bond motifs is 5. The second-order valence-corrected chi connectivity index (χ2v) is 12.1. The van der Waals surface area contributed by atoms with Crippen molar-refractivity contribution in [3.05, 3.63) is 182 Å². The highest BCUT2D eigenvalue weighted by atomic mass is 14.2. The molecule has 9 aromatic rings. The molecule has 0 unspecified atom stereocenters. The highest BCUT2D eigenvalue weighted by molar-refractivity contribution is 6.26. The lowest BCUT2D eigenvalue weighted by molar-refractivity contribution is 1.61. The van der Waals surface area contributed by atoms with Gasteiger partial charge in [0.15, 0.2) is 0 Å². The minimum atomic E-state index is 1.22. The number of hydrogen-bond acceptors (Lipinski definition) is 0. The summed E-state index contributed by atoms with van der Waals surface area (Å²) in [6.45, 7) is 0. The zero-order chi connectivity index (χ0) is 30.5. The summed E-state index contributed by atoms with van der Waals surface area (Å²) >= 11 is 0. The Morgan fingerprint density at radius 3 is 1.37 bits per heavy atom. The Morgan fingerprint density at radius 2 is 0.674 bits per heavy atom. The quantitative estimate of drug-likeness (QED) is 0.143. The summed E-state index contributed by atoms with van der Waals surface area (Å²) in [5, 5.41) is 10.2. The van der Waals surface area contributed by atoms with Gasteiger partial charge in [-0.3, -0.25) is 0 Å². The molecule has 46 heavy (non-hydrogen) atoms. The third-order valence-corrected chi connectivity index (χ3v) is 9.45. The summed E-state index contributed by atoms with van der Waals surface area (Å²) in [7, 11) is 0. The van der Waals surface area contributed by atoms with E-state index < -0.39 is 0 Å². The Bertz CT molecular complexity index is 2540. The summed E-state index contributed by atoms with van der Waals surface area (Å²) in [5.74, 6) is 0. The van der Waals surface area contributed by atoms with Gasteiger partial charge in [0.2, 0.25) is 0 Å². The summed E-state index contributed by atoms with van der Waals surface area (Å²) < 4.78 is 0. The van der Waals surface area contributed by atoms with E-state index in [4.69, 9.17) is 0 Å². The molecule has 0 saturated carbocycles. The lowest BCUT2D eigenvalue weighted by Crippen LogP contribution is -1.93. The van der Waals surface area contributed by atoms with Gasteiger partial charge in [0, 0.05) is 0 Å². The molecule has 0 bridgehead atoms.